The predicted octanol–water partition coefficient (Wildman–Crippen LogP) is 3.21. The standard InChI is InChI=1S/C14H14BrClN2O2S/c15-13-6-5-12(9-14(13)17)21(19,20)18-8-7-10-1-3-11(16)4-2-10/h1-6,9,18H,7-8,17H2. The topological polar surface area (TPSA) is 72.2 Å². The normalized spacial score (nSPS) is 11.5. The predicted molar refractivity (Wildman–Crippen MR) is 88.9 cm³/mol. The molecule has 3 N–H and O–H groups in total. The Balaban J connectivity index is 2.01. The van der Waals surface area contributed by atoms with Gasteiger partial charge in [0.2, 0.25) is 10.0 Å². The summed E-state index contributed by atoms with van der Waals surface area (Å²) in [6, 6.07) is 11.8. The van der Waals surface area contributed by atoms with E-state index < -0.39 is 10.0 Å². The monoisotopic (exact) mass is 388 g/mol. The fraction of sp³-hybridized carbons (Fsp3) is 0.143. The first-order valence-corrected chi connectivity index (χ1v) is 8.83. The Bertz CT molecular complexity index is 733. The summed E-state index contributed by atoms with van der Waals surface area (Å²) in [5.74, 6) is 0. The van der Waals surface area contributed by atoms with E-state index in [9.17, 15) is 8.42 Å². The molecule has 0 aliphatic rings. The third-order valence-electron chi connectivity index (χ3n) is 2.90. The number of hydrogen-bond donors (Lipinski definition) is 2. The lowest BCUT2D eigenvalue weighted by molar-refractivity contribution is 0.581. The molecule has 0 radical (unpaired) electrons. The van der Waals surface area contributed by atoms with Crippen LogP contribution in [0.5, 0.6) is 0 Å². The molecule has 0 aliphatic heterocycles. The van der Waals surface area contributed by atoms with Gasteiger partial charge < -0.3 is 5.73 Å². The van der Waals surface area contributed by atoms with Crippen molar-refractivity contribution in [2.24, 2.45) is 0 Å². The lowest BCUT2D eigenvalue weighted by Gasteiger charge is -2.08. The SMILES string of the molecule is Nc1cc(S(=O)(=O)NCCc2ccc(Cl)cc2)ccc1Br. The largest absolute Gasteiger partial charge is 0.398 e. The van der Waals surface area contributed by atoms with Crippen LogP contribution in [-0.2, 0) is 16.4 Å². The van der Waals surface area contributed by atoms with Crippen LogP contribution < -0.4 is 10.5 Å². The fourth-order valence-electron chi connectivity index (χ4n) is 1.75. The molecule has 0 saturated carbocycles. The van der Waals surface area contributed by atoms with Gasteiger partial charge in [0.25, 0.3) is 0 Å². The molecular weight excluding hydrogens is 376 g/mol. The van der Waals surface area contributed by atoms with Gasteiger partial charge in [-0.3, -0.25) is 0 Å². The van der Waals surface area contributed by atoms with E-state index in [1.54, 1.807) is 18.2 Å². The van der Waals surface area contributed by atoms with Gasteiger partial charge in [-0.15, -0.1) is 0 Å². The molecule has 0 spiro atoms. The third kappa shape index (κ3) is 4.44. The van der Waals surface area contributed by atoms with Crippen molar-refractivity contribution >= 4 is 43.2 Å². The Morgan fingerprint density at radius 3 is 2.43 bits per heavy atom. The molecule has 0 amide bonds. The van der Waals surface area contributed by atoms with E-state index in [0.717, 1.165) is 5.56 Å². The molecule has 0 atom stereocenters. The Morgan fingerprint density at radius 1 is 1.14 bits per heavy atom. The van der Waals surface area contributed by atoms with Crippen LogP contribution in [0.2, 0.25) is 5.02 Å². The van der Waals surface area contributed by atoms with Crippen LogP contribution in [-0.4, -0.2) is 15.0 Å². The van der Waals surface area contributed by atoms with Crippen LogP contribution >= 0.6 is 27.5 Å². The average Bonchev–Trinajstić information content (AvgIpc) is 2.44. The van der Waals surface area contributed by atoms with Crippen molar-refractivity contribution in [3.63, 3.8) is 0 Å². The summed E-state index contributed by atoms with van der Waals surface area (Å²) in [6.07, 6.45) is 0.586. The van der Waals surface area contributed by atoms with Crippen LogP contribution in [0.1, 0.15) is 5.56 Å². The van der Waals surface area contributed by atoms with Gasteiger partial charge in [-0.05, 0) is 58.2 Å². The zero-order valence-corrected chi connectivity index (χ0v) is 14.2. The fourth-order valence-corrected chi connectivity index (χ4v) is 3.19. The highest BCUT2D eigenvalue weighted by Crippen LogP contribution is 2.22. The molecule has 0 fully saturated rings. The Hall–Kier alpha value is -1.08. The summed E-state index contributed by atoms with van der Waals surface area (Å²) >= 11 is 9.03. The van der Waals surface area contributed by atoms with E-state index in [1.165, 1.54) is 12.1 Å². The van der Waals surface area contributed by atoms with Gasteiger partial charge in [-0.2, -0.15) is 0 Å². The maximum Gasteiger partial charge on any atom is 0.240 e. The molecule has 0 saturated heterocycles. The molecule has 0 unspecified atom stereocenters. The van der Waals surface area contributed by atoms with Crippen molar-refractivity contribution in [3.05, 3.63) is 57.5 Å². The number of sulfonamides is 1. The molecule has 0 heterocycles. The first kappa shape index (κ1) is 16.3. The van der Waals surface area contributed by atoms with Gasteiger partial charge in [0, 0.05) is 21.7 Å². The van der Waals surface area contributed by atoms with Gasteiger partial charge in [0.15, 0.2) is 0 Å². The Morgan fingerprint density at radius 2 is 1.81 bits per heavy atom. The molecule has 4 nitrogen and oxygen atoms in total. The highest BCUT2D eigenvalue weighted by molar-refractivity contribution is 9.10. The van der Waals surface area contributed by atoms with Gasteiger partial charge in [-0.25, -0.2) is 13.1 Å². The number of halogens is 2. The minimum atomic E-state index is -3.55. The smallest absolute Gasteiger partial charge is 0.240 e. The van der Waals surface area contributed by atoms with E-state index in [4.69, 9.17) is 17.3 Å². The number of nitrogen functional groups attached to an aromatic ring is 1. The summed E-state index contributed by atoms with van der Waals surface area (Å²) in [7, 11) is -3.55. The number of hydrogen-bond acceptors (Lipinski definition) is 3. The third-order valence-corrected chi connectivity index (χ3v) is 5.33. The van der Waals surface area contributed by atoms with Crippen molar-refractivity contribution in [1.82, 2.24) is 4.72 Å². The highest BCUT2D eigenvalue weighted by atomic mass is 79.9. The number of anilines is 1. The van der Waals surface area contributed by atoms with Crippen LogP contribution in [0.3, 0.4) is 0 Å². The summed E-state index contributed by atoms with van der Waals surface area (Å²) in [4.78, 5) is 0.152. The Kier molecular flexibility index (Phi) is 5.27. The van der Waals surface area contributed by atoms with Crippen molar-refractivity contribution < 1.29 is 8.42 Å². The van der Waals surface area contributed by atoms with Crippen LogP contribution in [0.25, 0.3) is 0 Å². The second kappa shape index (κ2) is 6.79. The molecule has 0 aliphatic carbocycles. The van der Waals surface area contributed by atoms with E-state index in [1.807, 2.05) is 12.1 Å². The second-order valence-electron chi connectivity index (χ2n) is 4.46. The number of nitrogens with two attached hydrogens (primary N) is 1. The molecule has 7 heteroatoms. The van der Waals surface area contributed by atoms with E-state index >= 15 is 0 Å². The molecule has 21 heavy (non-hydrogen) atoms. The van der Waals surface area contributed by atoms with Crippen LogP contribution in [0.15, 0.2) is 51.8 Å². The maximum atomic E-state index is 12.1. The quantitative estimate of drug-likeness (QED) is 0.771. The van der Waals surface area contributed by atoms with E-state index in [0.29, 0.717) is 28.1 Å². The molecular formula is C14H14BrClN2O2S. The van der Waals surface area contributed by atoms with Gasteiger partial charge in [0.05, 0.1) is 4.90 Å². The maximum absolute atomic E-state index is 12.1. The second-order valence-corrected chi connectivity index (χ2v) is 7.52. The molecule has 0 aromatic heterocycles. The Labute approximate surface area is 137 Å². The van der Waals surface area contributed by atoms with Gasteiger partial charge in [0.1, 0.15) is 0 Å². The first-order chi connectivity index (χ1) is 9.88. The molecule has 0 bridgehead atoms. The number of nitrogens with one attached hydrogen (secondary N) is 1. The number of benzene rings is 2. The van der Waals surface area contributed by atoms with Crippen LogP contribution in [0, 0.1) is 0 Å². The minimum absolute atomic E-state index is 0.152. The lowest BCUT2D eigenvalue weighted by Crippen LogP contribution is -2.26. The van der Waals surface area contributed by atoms with E-state index in [2.05, 4.69) is 20.7 Å². The summed E-state index contributed by atoms with van der Waals surface area (Å²) in [5, 5.41) is 0.657. The van der Waals surface area contributed by atoms with Gasteiger partial charge in [-0.1, -0.05) is 23.7 Å². The van der Waals surface area contributed by atoms with Crippen molar-refractivity contribution in [2.45, 2.75) is 11.3 Å². The molecule has 2 aromatic rings. The zero-order valence-electron chi connectivity index (χ0n) is 11.0. The average molecular weight is 390 g/mol. The lowest BCUT2D eigenvalue weighted by atomic mass is 10.2. The van der Waals surface area contributed by atoms with Crippen molar-refractivity contribution in [1.29, 1.82) is 0 Å². The van der Waals surface area contributed by atoms with Crippen LogP contribution in [0.4, 0.5) is 5.69 Å². The summed E-state index contributed by atoms with van der Waals surface area (Å²) < 4.78 is 27.5. The molecule has 112 valence electrons. The molecule has 2 aromatic carbocycles. The summed E-state index contributed by atoms with van der Waals surface area (Å²) in [6.45, 7) is 0.305. The van der Waals surface area contributed by atoms with Gasteiger partial charge >= 0.3 is 0 Å². The first-order valence-electron chi connectivity index (χ1n) is 6.17. The van der Waals surface area contributed by atoms with Crippen molar-refractivity contribution in [3.8, 4) is 0 Å². The number of rotatable bonds is 5. The highest BCUT2D eigenvalue weighted by Gasteiger charge is 2.14. The van der Waals surface area contributed by atoms with Crippen molar-refractivity contribution in [2.75, 3.05) is 12.3 Å². The molecule has 2 rings (SSSR count). The van der Waals surface area contributed by atoms with E-state index in [-0.39, 0.29) is 4.90 Å². The summed E-state index contributed by atoms with van der Waals surface area (Å²) in [5.41, 5.74) is 7.10. The zero-order chi connectivity index (χ0) is 15.5. The minimum Gasteiger partial charge on any atom is -0.398 e.